The summed E-state index contributed by atoms with van der Waals surface area (Å²) in [7, 11) is 0. The third kappa shape index (κ3) is 4.34. The van der Waals surface area contributed by atoms with Crippen LogP contribution in [0.3, 0.4) is 0 Å². The van der Waals surface area contributed by atoms with E-state index < -0.39 is 0 Å². The lowest BCUT2D eigenvalue weighted by molar-refractivity contribution is 0.192. The summed E-state index contributed by atoms with van der Waals surface area (Å²) < 4.78 is 0. The van der Waals surface area contributed by atoms with Gasteiger partial charge in [0.1, 0.15) is 0 Å². The first-order valence-electron chi connectivity index (χ1n) is 8.46. The van der Waals surface area contributed by atoms with Crippen LogP contribution in [0.25, 0.3) is 0 Å². The van der Waals surface area contributed by atoms with Gasteiger partial charge >= 0.3 is 0 Å². The highest BCUT2D eigenvalue weighted by molar-refractivity contribution is 5.20. The van der Waals surface area contributed by atoms with Crippen molar-refractivity contribution >= 4 is 0 Å². The normalized spacial score (nSPS) is 28.2. The monoisotopic (exact) mass is 273 g/mol. The highest BCUT2D eigenvalue weighted by Gasteiger charge is 2.26. The average molecular weight is 273 g/mol. The van der Waals surface area contributed by atoms with Gasteiger partial charge in [-0.05, 0) is 48.6 Å². The fraction of sp³-hybridized carbons (Fsp3) is 0.684. The van der Waals surface area contributed by atoms with Gasteiger partial charge in [0, 0.05) is 6.54 Å². The van der Waals surface area contributed by atoms with Gasteiger partial charge in [0.25, 0.3) is 0 Å². The zero-order valence-corrected chi connectivity index (χ0v) is 13.4. The lowest BCUT2D eigenvalue weighted by Gasteiger charge is -2.34. The number of benzene rings is 1. The Labute approximate surface area is 125 Å². The Balaban J connectivity index is 1.97. The van der Waals surface area contributed by atoms with Gasteiger partial charge in [-0.25, -0.2) is 0 Å². The van der Waals surface area contributed by atoms with Gasteiger partial charge in [-0.1, -0.05) is 63.9 Å². The Kier molecular flexibility index (Phi) is 6.09. The van der Waals surface area contributed by atoms with Crippen LogP contribution in [-0.2, 0) is 0 Å². The molecule has 4 atom stereocenters. The molecule has 112 valence electrons. The molecule has 1 heteroatoms. The first-order valence-corrected chi connectivity index (χ1v) is 8.46. The summed E-state index contributed by atoms with van der Waals surface area (Å²) in [6.45, 7) is 9.27. The molecule has 0 radical (unpaired) electrons. The van der Waals surface area contributed by atoms with Crippen molar-refractivity contribution in [2.45, 2.75) is 52.4 Å². The van der Waals surface area contributed by atoms with Crippen molar-refractivity contribution in [3.63, 3.8) is 0 Å². The highest BCUT2D eigenvalue weighted by Crippen LogP contribution is 2.38. The largest absolute Gasteiger partial charge is 0.316 e. The lowest BCUT2D eigenvalue weighted by atomic mass is 9.72. The predicted molar refractivity (Wildman–Crippen MR) is 88.0 cm³/mol. The standard InChI is InChI=1S/C19H31N/c1-4-20-14-19(18-8-6-5-7-9-18)13-17-11-10-15(2)16(3)12-17/h5-9,15-17,19-20H,4,10-14H2,1-3H3. The smallest absolute Gasteiger partial charge is 0.00201 e. The fourth-order valence-electron chi connectivity index (χ4n) is 3.66. The molecule has 0 heterocycles. The van der Waals surface area contributed by atoms with Crippen molar-refractivity contribution in [2.24, 2.45) is 17.8 Å². The van der Waals surface area contributed by atoms with Crippen molar-refractivity contribution in [3.8, 4) is 0 Å². The van der Waals surface area contributed by atoms with Gasteiger partial charge < -0.3 is 5.32 Å². The molecule has 0 aromatic heterocycles. The van der Waals surface area contributed by atoms with Crippen LogP contribution >= 0.6 is 0 Å². The molecule has 20 heavy (non-hydrogen) atoms. The molecule has 1 nitrogen and oxygen atoms in total. The second-order valence-corrected chi connectivity index (χ2v) is 6.78. The van der Waals surface area contributed by atoms with Crippen LogP contribution in [0, 0.1) is 17.8 Å². The number of rotatable bonds is 6. The average Bonchev–Trinajstić information content (AvgIpc) is 2.48. The minimum absolute atomic E-state index is 0.682. The first-order chi connectivity index (χ1) is 9.70. The molecule has 1 aromatic carbocycles. The molecular weight excluding hydrogens is 242 g/mol. The molecule has 0 spiro atoms. The topological polar surface area (TPSA) is 12.0 Å². The SMILES string of the molecule is CCNCC(CC1CCC(C)C(C)C1)c1ccccc1. The van der Waals surface area contributed by atoms with Crippen molar-refractivity contribution in [2.75, 3.05) is 13.1 Å². The van der Waals surface area contributed by atoms with E-state index in [2.05, 4.69) is 56.4 Å². The second-order valence-electron chi connectivity index (χ2n) is 6.78. The van der Waals surface area contributed by atoms with Gasteiger partial charge in [-0.3, -0.25) is 0 Å². The maximum Gasteiger partial charge on any atom is 0.00201 e. The van der Waals surface area contributed by atoms with E-state index in [1.165, 1.54) is 31.2 Å². The predicted octanol–water partition coefficient (Wildman–Crippen LogP) is 4.84. The van der Waals surface area contributed by atoms with E-state index in [0.717, 1.165) is 30.8 Å². The Morgan fingerprint density at radius 3 is 2.50 bits per heavy atom. The third-order valence-corrected chi connectivity index (χ3v) is 5.24. The molecule has 1 aliphatic carbocycles. The molecule has 1 N–H and O–H groups in total. The van der Waals surface area contributed by atoms with Crippen LogP contribution in [-0.4, -0.2) is 13.1 Å². The molecule has 1 saturated carbocycles. The zero-order valence-electron chi connectivity index (χ0n) is 13.4. The van der Waals surface area contributed by atoms with Gasteiger partial charge in [-0.15, -0.1) is 0 Å². The van der Waals surface area contributed by atoms with Crippen molar-refractivity contribution in [3.05, 3.63) is 35.9 Å². The summed E-state index contributed by atoms with van der Waals surface area (Å²) in [6.07, 6.45) is 5.64. The van der Waals surface area contributed by atoms with Crippen LogP contribution in [0.15, 0.2) is 30.3 Å². The Hall–Kier alpha value is -0.820. The quantitative estimate of drug-likeness (QED) is 0.782. The number of nitrogens with one attached hydrogen (secondary N) is 1. The Bertz CT molecular complexity index is 373. The summed E-state index contributed by atoms with van der Waals surface area (Å²) in [5.74, 6) is 3.44. The summed E-state index contributed by atoms with van der Waals surface area (Å²) in [4.78, 5) is 0. The molecule has 0 aliphatic heterocycles. The van der Waals surface area contributed by atoms with Gasteiger partial charge in [0.05, 0.1) is 0 Å². The van der Waals surface area contributed by atoms with Crippen LogP contribution in [0.4, 0.5) is 0 Å². The van der Waals surface area contributed by atoms with E-state index in [1.807, 2.05) is 0 Å². The molecule has 1 aromatic rings. The Morgan fingerprint density at radius 1 is 1.10 bits per heavy atom. The number of hydrogen-bond donors (Lipinski definition) is 1. The van der Waals surface area contributed by atoms with Crippen LogP contribution < -0.4 is 5.32 Å². The van der Waals surface area contributed by atoms with Gasteiger partial charge in [-0.2, -0.15) is 0 Å². The van der Waals surface area contributed by atoms with E-state index >= 15 is 0 Å². The van der Waals surface area contributed by atoms with E-state index in [9.17, 15) is 0 Å². The third-order valence-electron chi connectivity index (χ3n) is 5.24. The van der Waals surface area contributed by atoms with Crippen molar-refractivity contribution < 1.29 is 0 Å². The summed E-state index contributed by atoms with van der Waals surface area (Å²) >= 11 is 0. The zero-order chi connectivity index (χ0) is 14.4. The molecule has 0 saturated heterocycles. The van der Waals surface area contributed by atoms with Gasteiger partial charge in [0.2, 0.25) is 0 Å². The second kappa shape index (κ2) is 7.83. The van der Waals surface area contributed by atoms with Crippen LogP contribution in [0.5, 0.6) is 0 Å². The first kappa shape index (κ1) is 15.6. The molecular formula is C19H31N. The maximum absolute atomic E-state index is 3.56. The number of likely N-dealkylation sites (N-methyl/N-ethyl adjacent to an activating group) is 1. The molecule has 1 fully saturated rings. The van der Waals surface area contributed by atoms with E-state index in [-0.39, 0.29) is 0 Å². The van der Waals surface area contributed by atoms with Crippen LogP contribution in [0.2, 0.25) is 0 Å². The minimum atomic E-state index is 0.682. The maximum atomic E-state index is 3.56. The molecule has 0 amide bonds. The van der Waals surface area contributed by atoms with E-state index in [1.54, 1.807) is 0 Å². The van der Waals surface area contributed by atoms with Crippen molar-refractivity contribution in [1.82, 2.24) is 5.32 Å². The summed E-state index contributed by atoms with van der Waals surface area (Å²) in [5.41, 5.74) is 1.51. The molecule has 4 unspecified atom stereocenters. The van der Waals surface area contributed by atoms with E-state index in [0.29, 0.717) is 5.92 Å². The molecule has 0 bridgehead atoms. The summed E-state index contributed by atoms with van der Waals surface area (Å²) in [5, 5.41) is 3.56. The highest BCUT2D eigenvalue weighted by atomic mass is 14.8. The van der Waals surface area contributed by atoms with Crippen LogP contribution in [0.1, 0.15) is 57.9 Å². The fourth-order valence-corrected chi connectivity index (χ4v) is 3.66. The minimum Gasteiger partial charge on any atom is -0.316 e. The Morgan fingerprint density at radius 2 is 1.85 bits per heavy atom. The van der Waals surface area contributed by atoms with Crippen molar-refractivity contribution in [1.29, 1.82) is 0 Å². The molecule has 2 rings (SSSR count). The number of hydrogen-bond acceptors (Lipinski definition) is 1. The summed E-state index contributed by atoms with van der Waals surface area (Å²) in [6, 6.07) is 11.1. The molecule has 1 aliphatic rings. The van der Waals surface area contributed by atoms with E-state index in [4.69, 9.17) is 0 Å². The van der Waals surface area contributed by atoms with Gasteiger partial charge in [0.15, 0.2) is 0 Å². The lowest BCUT2D eigenvalue weighted by Crippen LogP contribution is -2.26.